The number of amides is 2. The van der Waals surface area contributed by atoms with Crippen molar-refractivity contribution in [1.29, 1.82) is 0 Å². The van der Waals surface area contributed by atoms with Gasteiger partial charge in [-0.15, -0.1) is 0 Å². The fourth-order valence-electron chi connectivity index (χ4n) is 3.48. The Bertz CT molecular complexity index is 1130. The molecular weight excluding hydrogens is 458 g/mol. The van der Waals surface area contributed by atoms with E-state index in [9.17, 15) is 9.59 Å². The van der Waals surface area contributed by atoms with Crippen LogP contribution in [0.3, 0.4) is 0 Å². The Morgan fingerprint density at radius 2 is 1.81 bits per heavy atom. The van der Waals surface area contributed by atoms with Gasteiger partial charge < -0.3 is 15.1 Å². The van der Waals surface area contributed by atoms with E-state index in [1.54, 1.807) is 15.5 Å². The molecule has 0 saturated heterocycles. The lowest BCUT2D eigenvalue weighted by atomic mass is 10.2. The number of anilines is 1. The molecule has 1 heterocycles. The molecule has 2 amide bonds. The summed E-state index contributed by atoms with van der Waals surface area (Å²) in [6, 6.07) is 14.2. The number of halogens is 1. The second kappa shape index (κ2) is 10.1. The van der Waals surface area contributed by atoms with E-state index in [4.69, 9.17) is 4.98 Å². The highest BCUT2D eigenvalue weighted by atomic mass is 79.9. The molecule has 3 rings (SSSR count). The van der Waals surface area contributed by atoms with E-state index in [2.05, 4.69) is 21.2 Å². The van der Waals surface area contributed by atoms with Crippen molar-refractivity contribution in [1.82, 2.24) is 19.4 Å². The van der Waals surface area contributed by atoms with Crippen LogP contribution in [0.25, 0.3) is 10.9 Å². The van der Waals surface area contributed by atoms with Gasteiger partial charge in [-0.2, -0.15) is 0 Å². The summed E-state index contributed by atoms with van der Waals surface area (Å²) in [5.74, 6) is 0.576. The molecule has 0 fully saturated rings. The second-order valence-corrected chi connectivity index (χ2v) is 8.47. The number of carbonyl (C=O) groups excluding carboxylic acids is 1. The van der Waals surface area contributed by atoms with Gasteiger partial charge in [0.25, 0.3) is 5.56 Å². The largest absolute Gasteiger partial charge is 0.322 e. The maximum atomic E-state index is 13.3. The summed E-state index contributed by atoms with van der Waals surface area (Å²) in [6.07, 6.45) is 0. The van der Waals surface area contributed by atoms with Crippen molar-refractivity contribution >= 4 is 38.6 Å². The van der Waals surface area contributed by atoms with E-state index in [0.717, 1.165) is 4.47 Å². The van der Waals surface area contributed by atoms with Gasteiger partial charge in [0, 0.05) is 24.1 Å². The lowest BCUT2D eigenvalue weighted by Gasteiger charge is -2.31. The minimum atomic E-state index is -0.403. The van der Waals surface area contributed by atoms with E-state index in [0.29, 0.717) is 42.0 Å². The van der Waals surface area contributed by atoms with Crippen LogP contribution in [0.2, 0.25) is 0 Å². The number of hydrogen-bond donors (Lipinski definition) is 1. The Kier molecular flexibility index (Phi) is 7.46. The molecule has 0 saturated carbocycles. The molecule has 7 nitrogen and oxygen atoms in total. The molecule has 1 unspecified atom stereocenters. The summed E-state index contributed by atoms with van der Waals surface area (Å²) in [4.78, 5) is 34.9. The van der Waals surface area contributed by atoms with Gasteiger partial charge in [0.1, 0.15) is 5.82 Å². The second-order valence-electron chi connectivity index (χ2n) is 7.62. The molecule has 31 heavy (non-hydrogen) atoms. The van der Waals surface area contributed by atoms with E-state index in [-0.39, 0.29) is 11.6 Å². The summed E-state index contributed by atoms with van der Waals surface area (Å²) >= 11 is 3.48. The number of fused-ring (bicyclic) bond motifs is 1. The fourth-order valence-corrected chi connectivity index (χ4v) is 3.86. The molecule has 2 aromatic carbocycles. The van der Waals surface area contributed by atoms with Crippen molar-refractivity contribution < 1.29 is 4.79 Å². The Hall–Kier alpha value is -2.71. The number of likely N-dealkylation sites (N-methyl/N-ethyl adjacent to an activating group) is 1. The molecule has 0 radical (unpaired) electrons. The van der Waals surface area contributed by atoms with Gasteiger partial charge in [-0.1, -0.05) is 24.3 Å². The first-order valence-corrected chi connectivity index (χ1v) is 11.1. The van der Waals surface area contributed by atoms with Crippen LogP contribution in [-0.4, -0.2) is 52.6 Å². The molecule has 0 spiro atoms. The predicted molar refractivity (Wildman–Crippen MR) is 129 cm³/mol. The third kappa shape index (κ3) is 5.14. The zero-order chi connectivity index (χ0) is 22.5. The number of nitrogens with zero attached hydrogens (tertiary/aromatic N) is 4. The first-order valence-electron chi connectivity index (χ1n) is 10.3. The highest BCUT2D eigenvalue weighted by Crippen LogP contribution is 2.24. The number of urea groups is 1. The highest BCUT2D eigenvalue weighted by molar-refractivity contribution is 9.10. The molecule has 0 bridgehead atoms. The SMILES string of the molecule is CCn1c(C(C)N(CCN(C)C)C(=O)Nc2ccccc2Br)nc2ccccc2c1=O. The Morgan fingerprint density at radius 3 is 2.48 bits per heavy atom. The number of aromatic nitrogens is 2. The third-order valence-corrected chi connectivity index (χ3v) is 5.90. The maximum absolute atomic E-state index is 13.3. The number of carbonyl (C=O) groups is 1. The molecule has 0 aliphatic rings. The van der Waals surface area contributed by atoms with Crippen LogP contribution in [0.15, 0.2) is 57.8 Å². The van der Waals surface area contributed by atoms with Crippen LogP contribution in [0.4, 0.5) is 10.5 Å². The summed E-state index contributed by atoms with van der Waals surface area (Å²) < 4.78 is 2.46. The van der Waals surface area contributed by atoms with Gasteiger partial charge in [0.15, 0.2) is 0 Å². The highest BCUT2D eigenvalue weighted by Gasteiger charge is 2.26. The van der Waals surface area contributed by atoms with Gasteiger partial charge in [-0.25, -0.2) is 9.78 Å². The monoisotopic (exact) mass is 485 g/mol. The lowest BCUT2D eigenvalue weighted by Crippen LogP contribution is -2.43. The van der Waals surface area contributed by atoms with Crippen molar-refractivity contribution in [2.24, 2.45) is 0 Å². The molecule has 3 aromatic rings. The number of nitrogens with one attached hydrogen (secondary N) is 1. The zero-order valence-corrected chi connectivity index (χ0v) is 19.9. The summed E-state index contributed by atoms with van der Waals surface area (Å²) in [5.41, 5.74) is 1.24. The first kappa shape index (κ1) is 23.0. The standard InChI is InChI=1S/C23H28BrN5O2/c1-5-28-21(25-19-12-8-6-10-17(19)22(28)30)16(2)29(15-14-27(3)4)23(31)26-20-13-9-7-11-18(20)24/h6-13,16H,5,14-15H2,1-4H3,(H,26,31). The van der Waals surface area contributed by atoms with Crippen LogP contribution in [0, 0.1) is 0 Å². The Morgan fingerprint density at radius 1 is 1.13 bits per heavy atom. The van der Waals surface area contributed by atoms with Crippen molar-refractivity contribution in [3.63, 3.8) is 0 Å². The average molecular weight is 486 g/mol. The number of para-hydroxylation sites is 2. The Labute approximate surface area is 190 Å². The van der Waals surface area contributed by atoms with Gasteiger partial charge >= 0.3 is 6.03 Å². The van der Waals surface area contributed by atoms with Gasteiger partial charge in [-0.05, 0) is 68.1 Å². The maximum Gasteiger partial charge on any atom is 0.322 e. The molecule has 164 valence electrons. The minimum Gasteiger partial charge on any atom is -0.313 e. The average Bonchev–Trinajstić information content (AvgIpc) is 2.75. The van der Waals surface area contributed by atoms with E-state index >= 15 is 0 Å². The minimum absolute atomic E-state index is 0.0891. The van der Waals surface area contributed by atoms with Crippen molar-refractivity contribution in [3.8, 4) is 0 Å². The van der Waals surface area contributed by atoms with Gasteiger partial charge in [0.05, 0.1) is 22.6 Å². The number of benzene rings is 2. The quantitative estimate of drug-likeness (QED) is 0.540. The molecule has 0 aliphatic carbocycles. The van der Waals surface area contributed by atoms with E-state index in [1.165, 1.54) is 0 Å². The number of hydrogen-bond acceptors (Lipinski definition) is 4. The summed E-state index contributed by atoms with van der Waals surface area (Å²) in [6.45, 7) is 5.47. The van der Waals surface area contributed by atoms with E-state index < -0.39 is 6.04 Å². The van der Waals surface area contributed by atoms with Gasteiger partial charge in [0.2, 0.25) is 0 Å². The van der Waals surface area contributed by atoms with Crippen molar-refractivity contribution in [2.75, 3.05) is 32.5 Å². The molecule has 8 heteroatoms. The van der Waals surface area contributed by atoms with Crippen molar-refractivity contribution in [3.05, 3.63) is 69.2 Å². The molecule has 1 aromatic heterocycles. The third-order valence-electron chi connectivity index (χ3n) is 5.21. The smallest absolute Gasteiger partial charge is 0.313 e. The molecular formula is C23H28BrN5O2. The molecule has 1 N–H and O–H groups in total. The lowest BCUT2D eigenvalue weighted by molar-refractivity contribution is 0.180. The van der Waals surface area contributed by atoms with E-state index in [1.807, 2.05) is 75.3 Å². The predicted octanol–water partition coefficient (Wildman–Crippen LogP) is 4.34. The van der Waals surface area contributed by atoms with Crippen LogP contribution < -0.4 is 10.9 Å². The normalized spacial score (nSPS) is 12.2. The Balaban J connectivity index is 2.02. The van der Waals surface area contributed by atoms with Crippen molar-refractivity contribution in [2.45, 2.75) is 26.4 Å². The van der Waals surface area contributed by atoms with Crippen LogP contribution in [0.5, 0.6) is 0 Å². The van der Waals surface area contributed by atoms with Gasteiger partial charge in [-0.3, -0.25) is 9.36 Å². The topological polar surface area (TPSA) is 70.5 Å². The molecule has 0 aliphatic heterocycles. The number of rotatable bonds is 7. The summed E-state index contributed by atoms with van der Waals surface area (Å²) in [7, 11) is 3.93. The zero-order valence-electron chi connectivity index (χ0n) is 18.3. The first-order chi connectivity index (χ1) is 14.8. The molecule has 1 atom stereocenters. The fraction of sp³-hybridized carbons (Fsp3) is 0.348. The van der Waals surface area contributed by atoms with Crippen LogP contribution in [-0.2, 0) is 6.54 Å². The van der Waals surface area contributed by atoms with Crippen LogP contribution in [0.1, 0.15) is 25.7 Å². The summed E-state index contributed by atoms with van der Waals surface area (Å²) in [5, 5.41) is 3.56. The van der Waals surface area contributed by atoms with Crippen LogP contribution >= 0.6 is 15.9 Å².